The van der Waals surface area contributed by atoms with Gasteiger partial charge in [0.2, 0.25) is 0 Å². The van der Waals surface area contributed by atoms with Gasteiger partial charge in [-0.15, -0.1) is 12.4 Å². The van der Waals surface area contributed by atoms with Crippen molar-refractivity contribution < 1.29 is 9.53 Å². The van der Waals surface area contributed by atoms with E-state index < -0.39 is 0 Å². The van der Waals surface area contributed by atoms with Crippen molar-refractivity contribution in [2.45, 2.75) is 26.2 Å². The van der Waals surface area contributed by atoms with Crippen LogP contribution < -0.4 is 10.1 Å². The molecule has 5 heteroatoms. The molecule has 0 aromatic heterocycles. The number of halogens is 1. The lowest BCUT2D eigenvalue weighted by molar-refractivity contribution is -0.135. The zero-order valence-electron chi connectivity index (χ0n) is 13.1. The first-order valence-corrected chi connectivity index (χ1v) is 7.85. The van der Waals surface area contributed by atoms with Gasteiger partial charge in [0, 0.05) is 19.6 Å². The second kappa shape index (κ2) is 7.34. The van der Waals surface area contributed by atoms with Crippen LogP contribution in [0.4, 0.5) is 0 Å². The maximum absolute atomic E-state index is 12.2. The zero-order chi connectivity index (χ0) is 14.7. The van der Waals surface area contributed by atoms with Crippen LogP contribution in [0.5, 0.6) is 5.75 Å². The van der Waals surface area contributed by atoms with Crippen LogP contribution in [-0.4, -0.2) is 43.6 Å². The number of carbonyl (C=O) groups excluding carboxylic acids is 1. The Kier molecular flexibility index (Phi) is 5.70. The minimum Gasteiger partial charge on any atom is -0.484 e. The van der Waals surface area contributed by atoms with E-state index in [4.69, 9.17) is 4.74 Å². The lowest BCUT2D eigenvalue weighted by Gasteiger charge is -2.38. The minimum absolute atomic E-state index is 0. The molecule has 22 heavy (non-hydrogen) atoms. The summed E-state index contributed by atoms with van der Waals surface area (Å²) in [5, 5.41) is 3.45. The molecule has 0 bridgehead atoms. The minimum atomic E-state index is 0. The third-order valence-corrected chi connectivity index (χ3v) is 4.89. The van der Waals surface area contributed by atoms with Gasteiger partial charge < -0.3 is 15.0 Å². The van der Waals surface area contributed by atoms with Crippen LogP contribution in [0.2, 0.25) is 0 Å². The van der Waals surface area contributed by atoms with Gasteiger partial charge in [0.1, 0.15) is 5.75 Å². The van der Waals surface area contributed by atoms with Crippen LogP contribution in [0, 0.1) is 12.3 Å². The number of hydrogen-bond acceptors (Lipinski definition) is 3. The Morgan fingerprint density at radius 3 is 2.50 bits per heavy atom. The fraction of sp³-hybridized carbons (Fsp3) is 0.588. The second-order valence-electron chi connectivity index (χ2n) is 6.41. The van der Waals surface area contributed by atoms with E-state index >= 15 is 0 Å². The van der Waals surface area contributed by atoms with Crippen molar-refractivity contribution in [3.63, 3.8) is 0 Å². The van der Waals surface area contributed by atoms with Crippen LogP contribution >= 0.6 is 12.4 Å². The number of ether oxygens (including phenoxy) is 1. The van der Waals surface area contributed by atoms with Crippen molar-refractivity contribution in [3.8, 4) is 5.75 Å². The normalized spacial score (nSPS) is 19.8. The van der Waals surface area contributed by atoms with Gasteiger partial charge >= 0.3 is 0 Å². The first-order valence-electron chi connectivity index (χ1n) is 7.85. The average Bonchev–Trinajstić information content (AvgIpc) is 2.95. The SMILES string of the molecule is Cc1ccc(OCC(=O)N2CCC3(CCNC3)CC2)cc1.Cl. The standard InChI is InChI=1S/C17H24N2O2.ClH/c1-14-2-4-15(5-3-14)21-12-16(20)19-10-7-17(8-11-19)6-9-18-13-17;/h2-5,18H,6-13H2,1H3;1H. The van der Waals surface area contributed by atoms with Gasteiger partial charge in [-0.1, -0.05) is 17.7 Å². The molecule has 2 saturated heterocycles. The summed E-state index contributed by atoms with van der Waals surface area (Å²) in [5.41, 5.74) is 1.65. The number of hydrogen-bond donors (Lipinski definition) is 1. The highest BCUT2D eigenvalue weighted by Gasteiger charge is 2.37. The smallest absolute Gasteiger partial charge is 0.260 e. The van der Waals surface area contributed by atoms with Crippen molar-refractivity contribution >= 4 is 18.3 Å². The quantitative estimate of drug-likeness (QED) is 0.928. The first-order chi connectivity index (χ1) is 10.2. The van der Waals surface area contributed by atoms with Crippen molar-refractivity contribution in [2.24, 2.45) is 5.41 Å². The van der Waals surface area contributed by atoms with Crippen molar-refractivity contribution in [1.29, 1.82) is 0 Å². The molecule has 1 spiro atoms. The Balaban J connectivity index is 0.00000176. The molecule has 122 valence electrons. The van der Waals surface area contributed by atoms with Crippen molar-refractivity contribution in [3.05, 3.63) is 29.8 Å². The number of rotatable bonds is 3. The van der Waals surface area contributed by atoms with Crippen LogP contribution in [0.15, 0.2) is 24.3 Å². The summed E-state index contributed by atoms with van der Waals surface area (Å²) in [7, 11) is 0. The fourth-order valence-electron chi connectivity index (χ4n) is 3.32. The zero-order valence-corrected chi connectivity index (χ0v) is 14.0. The molecule has 3 rings (SSSR count). The number of aryl methyl sites for hydroxylation is 1. The Bertz CT molecular complexity index is 488. The van der Waals surface area contributed by atoms with Gasteiger partial charge in [-0.2, -0.15) is 0 Å². The summed E-state index contributed by atoms with van der Waals surface area (Å²) < 4.78 is 5.59. The molecule has 0 aliphatic carbocycles. The van der Waals surface area contributed by atoms with Crippen LogP contribution in [-0.2, 0) is 4.79 Å². The molecule has 4 nitrogen and oxygen atoms in total. The lowest BCUT2D eigenvalue weighted by atomic mass is 9.78. The van der Waals surface area contributed by atoms with E-state index in [-0.39, 0.29) is 24.9 Å². The molecular weight excluding hydrogens is 300 g/mol. The van der Waals surface area contributed by atoms with Crippen LogP contribution in [0.25, 0.3) is 0 Å². The summed E-state index contributed by atoms with van der Waals surface area (Å²) in [6, 6.07) is 7.82. The molecule has 2 aliphatic heterocycles. The van der Waals surface area contributed by atoms with Gasteiger partial charge in [-0.3, -0.25) is 4.79 Å². The third-order valence-electron chi connectivity index (χ3n) is 4.89. The van der Waals surface area contributed by atoms with Gasteiger partial charge in [0.15, 0.2) is 6.61 Å². The molecule has 1 aromatic carbocycles. The number of nitrogens with one attached hydrogen (secondary N) is 1. The predicted molar refractivity (Wildman–Crippen MR) is 89.7 cm³/mol. The number of likely N-dealkylation sites (tertiary alicyclic amines) is 1. The van der Waals surface area contributed by atoms with Gasteiger partial charge in [-0.25, -0.2) is 0 Å². The average molecular weight is 325 g/mol. The summed E-state index contributed by atoms with van der Waals surface area (Å²) in [5.74, 6) is 0.874. The monoisotopic (exact) mass is 324 g/mol. The van der Waals surface area contributed by atoms with Crippen molar-refractivity contribution in [1.82, 2.24) is 10.2 Å². The maximum atomic E-state index is 12.2. The Morgan fingerprint density at radius 2 is 1.91 bits per heavy atom. The molecule has 0 atom stereocenters. The Labute approximate surface area is 138 Å². The predicted octanol–water partition coefficient (Wildman–Crippen LogP) is 2.40. The first kappa shape index (κ1) is 17.1. The Hall–Kier alpha value is -1.26. The largest absolute Gasteiger partial charge is 0.484 e. The number of carbonyl (C=O) groups is 1. The van der Waals surface area contributed by atoms with Crippen LogP contribution in [0.1, 0.15) is 24.8 Å². The highest BCUT2D eigenvalue weighted by molar-refractivity contribution is 5.85. The molecule has 0 radical (unpaired) electrons. The molecule has 0 unspecified atom stereocenters. The fourth-order valence-corrected chi connectivity index (χ4v) is 3.32. The molecule has 0 saturated carbocycles. The lowest BCUT2D eigenvalue weighted by Crippen LogP contribution is -2.45. The summed E-state index contributed by atoms with van der Waals surface area (Å²) >= 11 is 0. The van der Waals surface area contributed by atoms with Crippen LogP contribution in [0.3, 0.4) is 0 Å². The van der Waals surface area contributed by atoms with E-state index in [1.807, 2.05) is 36.1 Å². The van der Waals surface area contributed by atoms with Gasteiger partial charge in [0.05, 0.1) is 0 Å². The number of piperidine rings is 1. The van der Waals surface area contributed by atoms with Crippen molar-refractivity contribution in [2.75, 3.05) is 32.8 Å². The topological polar surface area (TPSA) is 41.6 Å². The molecule has 2 heterocycles. The molecule has 1 N–H and O–H groups in total. The summed E-state index contributed by atoms with van der Waals surface area (Å²) in [6.45, 7) is 6.18. The molecule has 1 aromatic rings. The van der Waals surface area contributed by atoms with E-state index in [1.54, 1.807) is 0 Å². The highest BCUT2D eigenvalue weighted by atomic mass is 35.5. The van der Waals surface area contributed by atoms with E-state index in [2.05, 4.69) is 5.32 Å². The number of benzene rings is 1. The van der Waals surface area contributed by atoms with E-state index in [0.29, 0.717) is 5.41 Å². The van der Waals surface area contributed by atoms with E-state index in [1.165, 1.54) is 12.0 Å². The summed E-state index contributed by atoms with van der Waals surface area (Å²) in [6.07, 6.45) is 3.50. The highest BCUT2D eigenvalue weighted by Crippen LogP contribution is 2.36. The van der Waals surface area contributed by atoms with E-state index in [0.717, 1.165) is 44.8 Å². The molecule has 2 fully saturated rings. The maximum Gasteiger partial charge on any atom is 0.260 e. The number of amides is 1. The molecule has 1 amide bonds. The number of nitrogens with zero attached hydrogens (tertiary/aromatic N) is 1. The second-order valence-corrected chi connectivity index (χ2v) is 6.41. The molecular formula is C17H25ClN2O2. The third kappa shape index (κ3) is 3.93. The summed E-state index contributed by atoms with van der Waals surface area (Å²) in [4.78, 5) is 14.2. The van der Waals surface area contributed by atoms with Gasteiger partial charge in [-0.05, 0) is 50.3 Å². The van der Waals surface area contributed by atoms with Gasteiger partial charge in [0.25, 0.3) is 5.91 Å². The Morgan fingerprint density at radius 1 is 1.23 bits per heavy atom. The molecule has 2 aliphatic rings. The van der Waals surface area contributed by atoms with E-state index in [9.17, 15) is 4.79 Å².